The SMILES string of the molecule is CNCCCCCNC(=O)[C@H](C)CO. The second-order valence-electron chi connectivity index (χ2n) is 3.54. The summed E-state index contributed by atoms with van der Waals surface area (Å²) in [5, 5.41) is 14.6. The number of aliphatic hydroxyl groups excluding tert-OH is 1. The molecule has 0 fully saturated rings. The minimum atomic E-state index is -0.285. The molecule has 0 rings (SSSR count). The van der Waals surface area contributed by atoms with Crippen molar-refractivity contribution in [3.8, 4) is 0 Å². The molecule has 4 heteroatoms. The van der Waals surface area contributed by atoms with E-state index in [-0.39, 0.29) is 18.4 Å². The molecule has 0 aromatic heterocycles. The van der Waals surface area contributed by atoms with Crippen molar-refractivity contribution < 1.29 is 9.90 Å². The van der Waals surface area contributed by atoms with E-state index < -0.39 is 0 Å². The first-order chi connectivity index (χ1) is 6.72. The van der Waals surface area contributed by atoms with Gasteiger partial charge in [-0.2, -0.15) is 0 Å². The summed E-state index contributed by atoms with van der Waals surface area (Å²) in [6.07, 6.45) is 3.27. The fourth-order valence-corrected chi connectivity index (χ4v) is 1.07. The maximum Gasteiger partial charge on any atom is 0.225 e. The molecule has 0 aliphatic carbocycles. The number of hydrogen-bond acceptors (Lipinski definition) is 3. The molecular formula is C10H22N2O2. The van der Waals surface area contributed by atoms with Gasteiger partial charge in [0.25, 0.3) is 0 Å². The summed E-state index contributed by atoms with van der Waals surface area (Å²) in [7, 11) is 1.94. The van der Waals surface area contributed by atoms with Gasteiger partial charge in [0.15, 0.2) is 0 Å². The molecule has 0 saturated carbocycles. The van der Waals surface area contributed by atoms with Gasteiger partial charge in [0.2, 0.25) is 5.91 Å². The van der Waals surface area contributed by atoms with Gasteiger partial charge < -0.3 is 15.7 Å². The van der Waals surface area contributed by atoms with Crippen molar-refractivity contribution in [2.75, 3.05) is 26.7 Å². The minimum absolute atomic E-state index is 0.0545. The van der Waals surface area contributed by atoms with Crippen LogP contribution in [0.5, 0.6) is 0 Å². The Morgan fingerprint density at radius 1 is 1.29 bits per heavy atom. The molecule has 0 aliphatic rings. The number of hydrogen-bond donors (Lipinski definition) is 3. The Labute approximate surface area is 86.1 Å². The molecule has 3 N–H and O–H groups in total. The number of amides is 1. The van der Waals surface area contributed by atoms with Crippen LogP contribution in [-0.2, 0) is 4.79 Å². The Kier molecular flexibility index (Phi) is 8.57. The molecule has 0 saturated heterocycles. The molecule has 0 radical (unpaired) electrons. The van der Waals surface area contributed by atoms with Crippen LogP contribution in [-0.4, -0.2) is 37.8 Å². The summed E-state index contributed by atoms with van der Waals surface area (Å²) < 4.78 is 0. The van der Waals surface area contributed by atoms with Gasteiger partial charge in [0.05, 0.1) is 12.5 Å². The molecule has 84 valence electrons. The first-order valence-electron chi connectivity index (χ1n) is 5.25. The van der Waals surface area contributed by atoms with E-state index in [4.69, 9.17) is 5.11 Å². The number of rotatable bonds is 8. The van der Waals surface area contributed by atoms with Crippen LogP contribution >= 0.6 is 0 Å². The van der Waals surface area contributed by atoms with Gasteiger partial charge in [-0.1, -0.05) is 13.3 Å². The highest BCUT2D eigenvalue weighted by Gasteiger charge is 2.09. The summed E-state index contributed by atoms with van der Waals surface area (Å²) in [4.78, 5) is 11.2. The van der Waals surface area contributed by atoms with Crippen molar-refractivity contribution >= 4 is 5.91 Å². The summed E-state index contributed by atoms with van der Waals surface area (Å²) in [6, 6.07) is 0. The fraction of sp³-hybridized carbons (Fsp3) is 0.900. The lowest BCUT2D eigenvalue weighted by Crippen LogP contribution is -2.31. The van der Waals surface area contributed by atoms with Crippen molar-refractivity contribution in [3.63, 3.8) is 0 Å². The molecule has 1 amide bonds. The molecule has 0 spiro atoms. The average Bonchev–Trinajstić information content (AvgIpc) is 2.21. The lowest BCUT2D eigenvalue weighted by atomic mass is 10.2. The van der Waals surface area contributed by atoms with Gasteiger partial charge in [-0.25, -0.2) is 0 Å². The normalized spacial score (nSPS) is 12.5. The van der Waals surface area contributed by atoms with Gasteiger partial charge in [0, 0.05) is 6.54 Å². The molecule has 0 bridgehead atoms. The van der Waals surface area contributed by atoms with Crippen molar-refractivity contribution in [1.82, 2.24) is 10.6 Å². The zero-order valence-electron chi connectivity index (χ0n) is 9.18. The second-order valence-corrected chi connectivity index (χ2v) is 3.54. The van der Waals surface area contributed by atoms with Gasteiger partial charge in [-0.05, 0) is 26.4 Å². The Bertz CT molecular complexity index is 151. The Balaban J connectivity index is 3.23. The zero-order chi connectivity index (χ0) is 10.8. The number of nitrogens with one attached hydrogen (secondary N) is 2. The van der Waals surface area contributed by atoms with Crippen LogP contribution in [0, 0.1) is 5.92 Å². The fourth-order valence-electron chi connectivity index (χ4n) is 1.07. The topological polar surface area (TPSA) is 61.4 Å². The van der Waals surface area contributed by atoms with E-state index in [1.807, 2.05) is 7.05 Å². The highest BCUT2D eigenvalue weighted by Crippen LogP contribution is 1.95. The quantitative estimate of drug-likeness (QED) is 0.490. The van der Waals surface area contributed by atoms with Crippen LogP contribution in [0.3, 0.4) is 0 Å². The largest absolute Gasteiger partial charge is 0.396 e. The zero-order valence-corrected chi connectivity index (χ0v) is 9.18. The van der Waals surface area contributed by atoms with Crippen molar-refractivity contribution in [2.45, 2.75) is 26.2 Å². The van der Waals surface area contributed by atoms with Gasteiger partial charge >= 0.3 is 0 Å². The minimum Gasteiger partial charge on any atom is -0.396 e. The third kappa shape index (κ3) is 6.86. The van der Waals surface area contributed by atoms with E-state index >= 15 is 0 Å². The summed E-state index contributed by atoms with van der Waals surface area (Å²) in [5.41, 5.74) is 0. The van der Waals surface area contributed by atoms with Gasteiger partial charge in [-0.3, -0.25) is 4.79 Å². The van der Waals surface area contributed by atoms with E-state index in [1.165, 1.54) is 0 Å². The lowest BCUT2D eigenvalue weighted by Gasteiger charge is -2.08. The maximum absolute atomic E-state index is 11.2. The van der Waals surface area contributed by atoms with Crippen LogP contribution in [0.1, 0.15) is 26.2 Å². The molecular weight excluding hydrogens is 180 g/mol. The van der Waals surface area contributed by atoms with E-state index in [2.05, 4.69) is 10.6 Å². The standard InChI is InChI=1S/C10H22N2O2/c1-9(8-13)10(14)12-7-5-3-4-6-11-2/h9,11,13H,3-8H2,1-2H3,(H,12,14)/t9-/m1/s1. The molecule has 0 aromatic carbocycles. The van der Waals surface area contributed by atoms with Crippen molar-refractivity contribution in [2.24, 2.45) is 5.92 Å². The van der Waals surface area contributed by atoms with Crippen molar-refractivity contribution in [3.05, 3.63) is 0 Å². The molecule has 14 heavy (non-hydrogen) atoms. The maximum atomic E-state index is 11.2. The first-order valence-corrected chi connectivity index (χ1v) is 5.25. The van der Waals surface area contributed by atoms with Gasteiger partial charge in [0.1, 0.15) is 0 Å². The number of unbranched alkanes of at least 4 members (excludes halogenated alkanes) is 2. The third-order valence-electron chi connectivity index (χ3n) is 2.12. The molecule has 0 aromatic rings. The number of carbonyl (C=O) groups is 1. The predicted molar refractivity (Wildman–Crippen MR) is 57.0 cm³/mol. The average molecular weight is 202 g/mol. The van der Waals surface area contributed by atoms with Crippen LogP contribution in [0.2, 0.25) is 0 Å². The Hall–Kier alpha value is -0.610. The van der Waals surface area contributed by atoms with Crippen molar-refractivity contribution in [1.29, 1.82) is 0 Å². The monoisotopic (exact) mass is 202 g/mol. The van der Waals surface area contributed by atoms with Gasteiger partial charge in [-0.15, -0.1) is 0 Å². The second kappa shape index (κ2) is 8.97. The first kappa shape index (κ1) is 13.4. The lowest BCUT2D eigenvalue weighted by molar-refractivity contribution is -0.125. The highest BCUT2D eigenvalue weighted by atomic mass is 16.3. The molecule has 4 nitrogen and oxygen atoms in total. The molecule has 0 heterocycles. The highest BCUT2D eigenvalue weighted by molar-refractivity contribution is 5.78. The summed E-state index contributed by atoms with van der Waals surface area (Å²) in [6.45, 7) is 3.38. The van der Waals surface area contributed by atoms with Crippen LogP contribution in [0.15, 0.2) is 0 Å². The third-order valence-corrected chi connectivity index (χ3v) is 2.12. The van der Waals surface area contributed by atoms with E-state index in [0.29, 0.717) is 6.54 Å². The van der Waals surface area contributed by atoms with E-state index in [1.54, 1.807) is 6.92 Å². The number of aliphatic hydroxyl groups is 1. The van der Waals surface area contributed by atoms with Crippen LogP contribution in [0.4, 0.5) is 0 Å². The molecule has 0 unspecified atom stereocenters. The predicted octanol–water partition coefficient (Wildman–Crippen LogP) is 0.121. The molecule has 0 aliphatic heterocycles. The number of carbonyl (C=O) groups excluding carboxylic acids is 1. The van der Waals surface area contributed by atoms with Crippen LogP contribution < -0.4 is 10.6 Å². The summed E-state index contributed by atoms with van der Waals surface area (Å²) >= 11 is 0. The Morgan fingerprint density at radius 3 is 2.50 bits per heavy atom. The van der Waals surface area contributed by atoms with Crippen LogP contribution in [0.25, 0.3) is 0 Å². The summed E-state index contributed by atoms with van der Waals surface area (Å²) in [5.74, 6) is -0.339. The Morgan fingerprint density at radius 2 is 1.93 bits per heavy atom. The molecule has 1 atom stereocenters. The van der Waals surface area contributed by atoms with E-state index in [9.17, 15) is 4.79 Å². The smallest absolute Gasteiger partial charge is 0.225 e. The van der Waals surface area contributed by atoms with E-state index in [0.717, 1.165) is 25.8 Å².